The van der Waals surface area contributed by atoms with E-state index in [1.165, 1.54) is 0 Å². The highest BCUT2D eigenvalue weighted by Gasteiger charge is 2.42. The van der Waals surface area contributed by atoms with Gasteiger partial charge >= 0.3 is 6.01 Å². The summed E-state index contributed by atoms with van der Waals surface area (Å²) in [5, 5.41) is 3.10. The summed E-state index contributed by atoms with van der Waals surface area (Å²) >= 11 is 0. The molecular weight excluding hydrogens is 378 g/mol. The Bertz CT molecular complexity index is 993. The number of nitrogens with zero attached hydrogens (tertiary/aromatic N) is 2. The van der Waals surface area contributed by atoms with Crippen molar-refractivity contribution in [3.63, 3.8) is 0 Å². The van der Waals surface area contributed by atoms with Crippen LogP contribution in [0, 0.1) is 13.8 Å². The van der Waals surface area contributed by atoms with Crippen LogP contribution in [0.25, 0.3) is 0 Å². The smallest absolute Gasteiger partial charge is 0.322 e. The highest BCUT2D eigenvalue weighted by atomic mass is 16.5. The second kappa shape index (κ2) is 8.63. The van der Waals surface area contributed by atoms with Gasteiger partial charge in [0.25, 0.3) is 0 Å². The molecule has 0 unspecified atom stereocenters. The normalized spacial score (nSPS) is 15.4. The van der Waals surface area contributed by atoms with E-state index in [1.54, 1.807) is 0 Å². The van der Waals surface area contributed by atoms with Crippen molar-refractivity contribution in [1.29, 1.82) is 0 Å². The monoisotopic (exact) mass is 403 g/mol. The Balaban J connectivity index is 1.60. The number of hydrogen-bond donors (Lipinski definition) is 1. The number of carbonyl (C=O) groups excluding carboxylic acids is 1. The van der Waals surface area contributed by atoms with E-state index < -0.39 is 5.41 Å². The number of anilines is 1. The van der Waals surface area contributed by atoms with Crippen molar-refractivity contribution in [2.45, 2.75) is 32.1 Å². The summed E-state index contributed by atoms with van der Waals surface area (Å²) in [6, 6.07) is 19.6. The van der Waals surface area contributed by atoms with Gasteiger partial charge in [0.15, 0.2) is 0 Å². The minimum absolute atomic E-state index is 0.0523. The first-order chi connectivity index (χ1) is 14.6. The maximum absolute atomic E-state index is 13.5. The zero-order valence-electron chi connectivity index (χ0n) is 17.2. The number of aryl methyl sites for hydroxylation is 2. The summed E-state index contributed by atoms with van der Waals surface area (Å²) in [6.07, 6.45) is 1.27. The molecule has 1 fully saturated rings. The third kappa shape index (κ3) is 4.04. The minimum Gasteiger partial charge on any atom is -0.424 e. The number of hydrogen-bond acceptors (Lipinski definition) is 5. The fraction of sp³-hybridized carbons (Fsp3) is 0.292. The Morgan fingerprint density at radius 2 is 1.50 bits per heavy atom. The van der Waals surface area contributed by atoms with Crippen LogP contribution >= 0.6 is 0 Å². The molecule has 0 spiro atoms. The summed E-state index contributed by atoms with van der Waals surface area (Å²) in [5.74, 6) is 0.613. The Hall–Kier alpha value is -3.25. The van der Waals surface area contributed by atoms with Crippen LogP contribution in [-0.2, 0) is 14.9 Å². The molecule has 6 nitrogen and oxygen atoms in total. The molecule has 1 aliphatic heterocycles. The van der Waals surface area contributed by atoms with Gasteiger partial charge in [-0.3, -0.25) is 4.79 Å². The Kier molecular flexibility index (Phi) is 5.77. The summed E-state index contributed by atoms with van der Waals surface area (Å²) in [5.41, 5.74) is 2.33. The van der Waals surface area contributed by atoms with Gasteiger partial charge in [-0.15, -0.1) is 0 Å². The number of benzene rings is 2. The molecule has 30 heavy (non-hydrogen) atoms. The van der Waals surface area contributed by atoms with Gasteiger partial charge in [0.2, 0.25) is 5.91 Å². The number of amides is 1. The molecule has 1 saturated heterocycles. The topological polar surface area (TPSA) is 73.3 Å². The van der Waals surface area contributed by atoms with E-state index in [2.05, 4.69) is 15.3 Å². The van der Waals surface area contributed by atoms with Gasteiger partial charge in [-0.1, -0.05) is 48.5 Å². The van der Waals surface area contributed by atoms with Crippen LogP contribution in [0.3, 0.4) is 0 Å². The van der Waals surface area contributed by atoms with Gasteiger partial charge in [-0.05, 0) is 44.4 Å². The lowest BCUT2D eigenvalue weighted by Gasteiger charge is -2.36. The van der Waals surface area contributed by atoms with Crippen LogP contribution in [0.4, 0.5) is 5.69 Å². The average Bonchev–Trinajstić information content (AvgIpc) is 2.78. The second-order valence-corrected chi connectivity index (χ2v) is 7.48. The van der Waals surface area contributed by atoms with Crippen molar-refractivity contribution in [3.8, 4) is 11.8 Å². The maximum Gasteiger partial charge on any atom is 0.322 e. The number of ether oxygens (including phenoxy) is 2. The number of aromatic nitrogens is 2. The van der Waals surface area contributed by atoms with Gasteiger partial charge in [0.1, 0.15) is 5.75 Å². The van der Waals surface area contributed by atoms with Crippen molar-refractivity contribution in [2.24, 2.45) is 0 Å². The third-order valence-corrected chi connectivity index (χ3v) is 5.55. The molecule has 2 aromatic carbocycles. The van der Waals surface area contributed by atoms with Crippen molar-refractivity contribution in [3.05, 3.63) is 77.6 Å². The fourth-order valence-corrected chi connectivity index (χ4v) is 3.86. The lowest BCUT2D eigenvalue weighted by atomic mass is 9.73. The molecule has 0 bridgehead atoms. The van der Waals surface area contributed by atoms with Crippen LogP contribution < -0.4 is 10.1 Å². The molecule has 0 aliphatic carbocycles. The van der Waals surface area contributed by atoms with E-state index in [0.717, 1.165) is 5.56 Å². The van der Waals surface area contributed by atoms with Crippen LogP contribution in [0.15, 0.2) is 60.7 Å². The first kappa shape index (κ1) is 20.0. The van der Waals surface area contributed by atoms with Gasteiger partial charge in [0.05, 0.1) is 22.5 Å². The Morgan fingerprint density at radius 3 is 2.10 bits per heavy atom. The molecular formula is C24H25N3O3. The van der Waals surface area contributed by atoms with Gasteiger partial charge in [-0.2, -0.15) is 9.97 Å². The molecule has 6 heteroatoms. The molecule has 2 heterocycles. The predicted molar refractivity (Wildman–Crippen MR) is 115 cm³/mol. The Morgan fingerprint density at radius 1 is 0.933 bits per heavy atom. The van der Waals surface area contributed by atoms with E-state index in [1.807, 2.05) is 74.5 Å². The molecule has 1 aliphatic rings. The predicted octanol–water partition coefficient (Wildman–Crippen LogP) is 4.57. The molecule has 0 radical (unpaired) electrons. The van der Waals surface area contributed by atoms with Gasteiger partial charge in [-0.25, -0.2) is 0 Å². The van der Waals surface area contributed by atoms with Crippen molar-refractivity contribution in [2.75, 3.05) is 18.5 Å². The summed E-state index contributed by atoms with van der Waals surface area (Å²) in [4.78, 5) is 22.4. The minimum atomic E-state index is -0.627. The molecule has 4 rings (SSSR count). The number of carbonyl (C=O) groups is 1. The highest BCUT2D eigenvalue weighted by molar-refractivity contribution is 6.00. The Labute approximate surface area is 176 Å². The largest absolute Gasteiger partial charge is 0.424 e. The molecule has 1 aromatic heterocycles. The van der Waals surface area contributed by atoms with E-state index in [4.69, 9.17) is 9.47 Å². The summed E-state index contributed by atoms with van der Waals surface area (Å²) in [6.45, 7) is 4.81. The third-order valence-electron chi connectivity index (χ3n) is 5.55. The zero-order chi connectivity index (χ0) is 21.0. The average molecular weight is 403 g/mol. The quantitative estimate of drug-likeness (QED) is 0.675. The number of para-hydroxylation sites is 1. The fourth-order valence-electron chi connectivity index (χ4n) is 3.86. The van der Waals surface area contributed by atoms with Crippen molar-refractivity contribution < 1.29 is 14.3 Å². The maximum atomic E-state index is 13.5. The lowest BCUT2D eigenvalue weighted by Crippen LogP contribution is -2.45. The van der Waals surface area contributed by atoms with Crippen LogP contribution in [0.1, 0.15) is 29.8 Å². The summed E-state index contributed by atoms with van der Waals surface area (Å²) in [7, 11) is 0. The number of nitrogens with one attached hydrogen (secondary N) is 1. The highest BCUT2D eigenvalue weighted by Crippen LogP contribution is 2.36. The van der Waals surface area contributed by atoms with E-state index in [-0.39, 0.29) is 11.9 Å². The molecule has 3 aromatic rings. The van der Waals surface area contributed by atoms with Gasteiger partial charge < -0.3 is 14.8 Å². The van der Waals surface area contributed by atoms with E-state index in [0.29, 0.717) is 48.9 Å². The molecule has 1 amide bonds. The standard InChI is InChI=1S/C24H25N3O3/c1-17-21(18(2)26-23(25-17)30-20-11-7-4-8-12-20)27-22(28)24(13-15-29-16-14-24)19-9-5-3-6-10-19/h3-12H,13-16H2,1-2H3,(H,27,28). The van der Waals surface area contributed by atoms with Crippen LogP contribution in [0.5, 0.6) is 11.8 Å². The van der Waals surface area contributed by atoms with Gasteiger partial charge in [0, 0.05) is 13.2 Å². The second-order valence-electron chi connectivity index (χ2n) is 7.48. The molecule has 1 N–H and O–H groups in total. The van der Waals surface area contributed by atoms with Crippen molar-refractivity contribution in [1.82, 2.24) is 9.97 Å². The number of rotatable bonds is 5. The lowest BCUT2D eigenvalue weighted by molar-refractivity contribution is -0.125. The molecule has 154 valence electrons. The van der Waals surface area contributed by atoms with E-state index in [9.17, 15) is 4.79 Å². The van der Waals surface area contributed by atoms with Crippen molar-refractivity contribution >= 4 is 11.6 Å². The van der Waals surface area contributed by atoms with Crippen LogP contribution in [-0.4, -0.2) is 29.1 Å². The molecule has 0 atom stereocenters. The first-order valence-electron chi connectivity index (χ1n) is 10.1. The first-order valence-corrected chi connectivity index (χ1v) is 10.1. The zero-order valence-corrected chi connectivity index (χ0v) is 17.2. The molecule has 0 saturated carbocycles. The van der Waals surface area contributed by atoms with Crippen LogP contribution in [0.2, 0.25) is 0 Å². The summed E-state index contributed by atoms with van der Waals surface area (Å²) < 4.78 is 11.3. The van der Waals surface area contributed by atoms with E-state index >= 15 is 0 Å². The SMILES string of the molecule is Cc1nc(Oc2ccccc2)nc(C)c1NC(=O)C1(c2ccccc2)CCOCC1.